The molecule has 16 heavy (non-hydrogen) atoms. The summed E-state index contributed by atoms with van der Waals surface area (Å²) in [7, 11) is 0. The Morgan fingerprint density at radius 1 is 1.44 bits per heavy atom. The van der Waals surface area contributed by atoms with Crippen LogP contribution in [-0.4, -0.2) is 11.5 Å². The van der Waals surface area contributed by atoms with E-state index in [1.165, 1.54) is 5.56 Å². The first-order chi connectivity index (χ1) is 7.41. The van der Waals surface area contributed by atoms with Crippen LogP contribution in [0.4, 0.5) is 0 Å². The Morgan fingerprint density at radius 3 is 2.62 bits per heavy atom. The summed E-state index contributed by atoms with van der Waals surface area (Å²) < 4.78 is 7.01. The molecule has 0 amide bonds. The Morgan fingerprint density at radius 2 is 2.12 bits per heavy atom. The van der Waals surface area contributed by atoms with Crippen LogP contribution in [-0.2, 0) is 0 Å². The second-order valence-electron chi connectivity index (χ2n) is 5.06. The molecule has 0 aliphatic heterocycles. The van der Waals surface area contributed by atoms with Gasteiger partial charge in [0.15, 0.2) is 0 Å². The molecule has 2 unspecified atom stereocenters. The van der Waals surface area contributed by atoms with Crippen molar-refractivity contribution < 1.29 is 4.74 Å². The van der Waals surface area contributed by atoms with Gasteiger partial charge in [-0.25, -0.2) is 0 Å². The van der Waals surface area contributed by atoms with E-state index in [1.807, 2.05) is 6.07 Å². The molecule has 1 aliphatic carbocycles. The molecule has 0 bridgehead atoms. The maximum absolute atomic E-state index is 6.17. The Balaban J connectivity index is 2.11. The van der Waals surface area contributed by atoms with E-state index >= 15 is 0 Å². The molecular weight excluding hydrogens is 287 g/mol. The van der Waals surface area contributed by atoms with Crippen molar-refractivity contribution in [2.75, 3.05) is 0 Å². The number of aryl methyl sites for hydroxylation is 1. The smallest absolute Gasteiger partial charge is 0.133 e. The van der Waals surface area contributed by atoms with Gasteiger partial charge in [-0.05, 0) is 40.5 Å². The number of ether oxygens (including phenoxy) is 1. The standard InChI is InChI=1S/C13H16BrClO/c1-8-4-5-10(9(14)6-8)16-12-7-11(15)13(12,2)3/h4-6,11-12H,7H2,1-3H3. The molecule has 1 fully saturated rings. The van der Waals surface area contributed by atoms with E-state index in [0.29, 0.717) is 0 Å². The van der Waals surface area contributed by atoms with Crippen molar-refractivity contribution in [2.45, 2.75) is 38.7 Å². The SMILES string of the molecule is Cc1ccc(OC2CC(Cl)C2(C)C)c(Br)c1. The largest absolute Gasteiger partial charge is 0.489 e. The van der Waals surface area contributed by atoms with Gasteiger partial charge in [0.05, 0.1) is 4.47 Å². The Bertz CT molecular complexity index is 403. The highest BCUT2D eigenvalue weighted by Crippen LogP contribution is 2.47. The highest BCUT2D eigenvalue weighted by molar-refractivity contribution is 9.10. The molecule has 0 spiro atoms. The highest BCUT2D eigenvalue weighted by atomic mass is 79.9. The van der Waals surface area contributed by atoms with E-state index < -0.39 is 0 Å². The van der Waals surface area contributed by atoms with Crippen LogP contribution < -0.4 is 4.74 Å². The molecule has 0 radical (unpaired) electrons. The minimum Gasteiger partial charge on any atom is -0.489 e. The summed E-state index contributed by atoms with van der Waals surface area (Å²) in [5.74, 6) is 0.909. The normalized spacial score (nSPS) is 27.3. The molecule has 88 valence electrons. The number of hydrogen-bond acceptors (Lipinski definition) is 1. The number of hydrogen-bond donors (Lipinski definition) is 0. The Labute approximate surface area is 110 Å². The van der Waals surface area contributed by atoms with Crippen molar-refractivity contribution >= 4 is 27.5 Å². The van der Waals surface area contributed by atoms with Gasteiger partial charge in [0.1, 0.15) is 11.9 Å². The third-order valence-electron chi connectivity index (χ3n) is 3.41. The van der Waals surface area contributed by atoms with Crippen molar-refractivity contribution in [1.82, 2.24) is 0 Å². The lowest BCUT2D eigenvalue weighted by molar-refractivity contribution is -0.0135. The number of alkyl halides is 1. The van der Waals surface area contributed by atoms with Gasteiger partial charge < -0.3 is 4.74 Å². The van der Waals surface area contributed by atoms with E-state index in [0.717, 1.165) is 16.6 Å². The monoisotopic (exact) mass is 302 g/mol. The number of rotatable bonds is 2. The average molecular weight is 304 g/mol. The molecule has 0 N–H and O–H groups in total. The topological polar surface area (TPSA) is 9.23 Å². The van der Waals surface area contributed by atoms with Crippen molar-refractivity contribution in [3.63, 3.8) is 0 Å². The number of benzene rings is 1. The van der Waals surface area contributed by atoms with Gasteiger partial charge in [0.2, 0.25) is 0 Å². The van der Waals surface area contributed by atoms with Crippen LogP contribution in [0.3, 0.4) is 0 Å². The molecule has 0 heterocycles. The first-order valence-electron chi connectivity index (χ1n) is 5.48. The van der Waals surface area contributed by atoms with E-state index in [-0.39, 0.29) is 16.9 Å². The van der Waals surface area contributed by atoms with Crippen molar-refractivity contribution in [2.24, 2.45) is 5.41 Å². The van der Waals surface area contributed by atoms with Crippen LogP contribution >= 0.6 is 27.5 Å². The molecule has 2 atom stereocenters. The fourth-order valence-corrected chi connectivity index (χ4v) is 2.78. The van der Waals surface area contributed by atoms with Gasteiger partial charge in [-0.15, -0.1) is 11.6 Å². The first-order valence-corrected chi connectivity index (χ1v) is 6.71. The lowest BCUT2D eigenvalue weighted by atomic mass is 9.68. The van der Waals surface area contributed by atoms with Crippen molar-refractivity contribution in [3.8, 4) is 5.75 Å². The van der Waals surface area contributed by atoms with Crippen molar-refractivity contribution in [1.29, 1.82) is 0 Å². The fourth-order valence-electron chi connectivity index (χ4n) is 1.89. The van der Waals surface area contributed by atoms with Gasteiger partial charge in [-0.1, -0.05) is 19.9 Å². The van der Waals surface area contributed by atoms with E-state index in [1.54, 1.807) is 0 Å². The molecule has 1 nitrogen and oxygen atoms in total. The molecule has 2 rings (SSSR count). The second-order valence-corrected chi connectivity index (χ2v) is 6.45. The van der Waals surface area contributed by atoms with Crippen LogP contribution in [0.25, 0.3) is 0 Å². The summed E-state index contributed by atoms with van der Waals surface area (Å²) in [5.41, 5.74) is 1.29. The molecule has 1 aromatic carbocycles. The molecule has 0 saturated heterocycles. The molecule has 3 heteroatoms. The van der Waals surface area contributed by atoms with Gasteiger partial charge in [0.25, 0.3) is 0 Å². The Kier molecular flexibility index (Phi) is 3.24. The molecule has 1 aromatic rings. The summed E-state index contributed by atoms with van der Waals surface area (Å²) in [6.07, 6.45) is 1.14. The lowest BCUT2D eigenvalue weighted by Crippen LogP contribution is -2.53. The van der Waals surface area contributed by atoms with Gasteiger partial charge in [0, 0.05) is 17.2 Å². The van der Waals surface area contributed by atoms with E-state index in [4.69, 9.17) is 16.3 Å². The second kappa shape index (κ2) is 4.23. The summed E-state index contributed by atoms with van der Waals surface area (Å²) in [4.78, 5) is 0. The van der Waals surface area contributed by atoms with Crippen LogP contribution in [0.2, 0.25) is 0 Å². The average Bonchev–Trinajstić information content (AvgIpc) is 2.21. The zero-order valence-corrected chi connectivity index (χ0v) is 12.1. The van der Waals surface area contributed by atoms with Crippen LogP contribution in [0.15, 0.2) is 22.7 Å². The predicted octanol–water partition coefficient (Wildman–Crippen LogP) is 4.54. The third kappa shape index (κ3) is 2.10. The van der Waals surface area contributed by atoms with E-state index in [2.05, 4.69) is 48.8 Å². The van der Waals surface area contributed by atoms with Crippen molar-refractivity contribution in [3.05, 3.63) is 28.2 Å². The Hall–Kier alpha value is -0.210. The lowest BCUT2D eigenvalue weighted by Gasteiger charge is -2.48. The first kappa shape index (κ1) is 12.3. The zero-order valence-electron chi connectivity index (χ0n) is 9.76. The third-order valence-corrected chi connectivity index (χ3v) is 4.78. The summed E-state index contributed by atoms with van der Waals surface area (Å²) in [6.45, 7) is 6.37. The maximum Gasteiger partial charge on any atom is 0.133 e. The van der Waals surface area contributed by atoms with Gasteiger partial charge in [-0.3, -0.25) is 0 Å². The molecule has 1 aliphatic rings. The van der Waals surface area contributed by atoms with E-state index in [9.17, 15) is 0 Å². The van der Waals surface area contributed by atoms with Crippen LogP contribution in [0, 0.1) is 12.3 Å². The minimum atomic E-state index is 0.0614. The molecular formula is C13H16BrClO. The number of halogens is 2. The maximum atomic E-state index is 6.17. The van der Waals surface area contributed by atoms with Gasteiger partial charge in [-0.2, -0.15) is 0 Å². The fraction of sp³-hybridized carbons (Fsp3) is 0.538. The van der Waals surface area contributed by atoms with Crippen LogP contribution in [0.5, 0.6) is 5.75 Å². The molecule has 1 saturated carbocycles. The zero-order chi connectivity index (χ0) is 11.9. The summed E-state index contributed by atoms with van der Waals surface area (Å²) in [5, 5.41) is 0.224. The van der Waals surface area contributed by atoms with Crippen LogP contribution in [0.1, 0.15) is 25.8 Å². The summed E-state index contributed by atoms with van der Waals surface area (Å²) >= 11 is 9.70. The quantitative estimate of drug-likeness (QED) is 0.729. The predicted molar refractivity (Wildman–Crippen MR) is 71.3 cm³/mol. The van der Waals surface area contributed by atoms with Gasteiger partial charge >= 0.3 is 0 Å². The minimum absolute atomic E-state index is 0.0614. The summed E-state index contributed by atoms with van der Waals surface area (Å²) in [6, 6.07) is 6.14. The highest BCUT2D eigenvalue weighted by Gasteiger charge is 2.49. The molecule has 0 aromatic heterocycles.